The minimum absolute atomic E-state index is 0.0721. The Kier molecular flexibility index (Phi) is 5.99. The van der Waals surface area contributed by atoms with Crippen LogP contribution in [0.1, 0.15) is 60.0 Å². The predicted molar refractivity (Wildman–Crippen MR) is 99.5 cm³/mol. The molecule has 0 aliphatic heterocycles. The number of aryl methyl sites for hydroxylation is 1. The molecule has 0 radical (unpaired) electrons. The van der Waals surface area contributed by atoms with E-state index in [2.05, 4.69) is 45.7 Å². The zero-order valence-electron chi connectivity index (χ0n) is 14.8. The highest BCUT2D eigenvalue weighted by Crippen LogP contribution is 2.17. The number of rotatable bonds is 5. The molecule has 5 heteroatoms. The average molecular weight is 338 g/mol. The molecule has 0 spiro atoms. The second-order valence-electron chi connectivity index (χ2n) is 6.80. The quantitative estimate of drug-likeness (QED) is 0.813. The Morgan fingerprint density at radius 3 is 2.52 bits per heavy atom. The van der Waals surface area contributed by atoms with Crippen LogP contribution in [-0.2, 0) is 6.54 Å². The fourth-order valence-electron chi connectivity index (χ4n) is 3.23. The second kappa shape index (κ2) is 8.60. The number of carbonyl (C=O) groups is 1. The lowest BCUT2D eigenvalue weighted by Gasteiger charge is -2.16. The molecule has 0 bridgehead atoms. The molecule has 0 atom stereocenters. The van der Waals surface area contributed by atoms with Crippen LogP contribution in [0.4, 0.5) is 5.95 Å². The summed E-state index contributed by atoms with van der Waals surface area (Å²) in [6.07, 6.45) is 10.3. The Morgan fingerprint density at radius 2 is 1.84 bits per heavy atom. The van der Waals surface area contributed by atoms with Crippen LogP contribution in [0, 0.1) is 6.92 Å². The summed E-state index contributed by atoms with van der Waals surface area (Å²) in [5.74, 6) is 0.463. The lowest BCUT2D eigenvalue weighted by Crippen LogP contribution is -2.34. The van der Waals surface area contributed by atoms with Gasteiger partial charge in [0.1, 0.15) is 0 Å². The second-order valence-corrected chi connectivity index (χ2v) is 6.80. The molecule has 132 valence electrons. The molecule has 0 unspecified atom stereocenters. The van der Waals surface area contributed by atoms with E-state index in [0.29, 0.717) is 18.1 Å². The SMILES string of the molecule is Cc1cccc(CNc2ncc(C(=O)NC3CCCCCC3)cn2)c1. The monoisotopic (exact) mass is 338 g/mol. The number of hydrogen-bond acceptors (Lipinski definition) is 4. The van der Waals surface area contributed by atoms with E-state index in [1.54, 1.807) is 12.4 Å². The highest BCUT2D eigenvalue weighted by Gasteiger charge is 2.16. The summed E-state index contributed by atoms with van der Waals surface area (Å²) >= 11 is 0. The van der Waals surface area contributed by atoms with Crippen LogP contribution in [-0.4, -0.2) is 21.9 Å². The van der Waals surface area contributed by atoms with Gasteiger partial charge in [0.25, 0.3) is 5.91 Å². The fraction of sp³-hybridized carbons (Fsp3) is 0.450. The first-order valence-corrected chi connectivity index (χ1v) is 9.13. The molecule has 25 heavy (non-hydrogen) atoms. The van der Waals surface area contributed by atoms with Crippen LogP contribution in [0.15, 0.2) is 36.7 Å². The van der Waals surface area contributed by atoms with Crippen molar-refractivity contribution in [3.63, 3.8) is 0 Å². The van der Waals surface area contributed by atoms with E-state index in [1.807, 2.05) is 6.07 Å². The van der Waals surface area contributed by atoms with Gasteiger partial charge in [-0.3, -0.25) is 4.79 Å². The maximum atomic E-state index is 12.3. The number of benzene rings is 1. The summed E-state index contributed by atoms with van der Waals surface area (Å²) in [7, 11) is 0. The van der Waals surface area contributed by atoms with E-state index in [9.17, 15) is 4.79 Å². The molecule has 1 amide bonds. The molecule has 5 nitrogen and oxygen atoms in total. The van der Waals surface area contributed by atoms with E-state index < -0.39 is 0 Å². The Morgan fingerprint density at radius 1 is 1.12 bits per heavy atom. The Bertz CT molecular complexity index is 691. The first-order chi connectivity index (χ1) is 12.2. The highest BCUT2D eigenvalue weighted by atomic mass is 16.1. The smallest absolute Gasteiger partial charge is 0.254 e. The molecule has 1 saturated carbocycles. The van der Waals surface area contributed by atoms with Crippen LogP contribution in [0.2, 0.25) is 0 Å². The van der Waals surface area contributed by atoms with Gasteiger partial charge in [-0.05, 0) is 25.3 Å². The summed E-state index contributed by atoms with van der Waals surface area (Å²) < 4.78 is 0. The van der Waals surface area contributed by atoms with Gasteiger partial charge in [-0.2, -0.15) is 0 Å². The van der Waals surface area contributed by atoms with E-state index in [-0.39, 0.29) is 11.9 Å². The van der Waals surface area contributed by atoms with Crippen LogP contribution < -0.4 is 10.6 Å². The lowest BCUT2D eigenvalue weighted by molar-refractivity contribution is 0.0932. The van der Waals surface area contributed by atoms with E-state index >= 15 is 0 Å². The predicted octanol–water partition coefficient (Wildman–Crippen LogP) is 3.85. The van der Waals surface area contributed by atoms with Crippen LogP contribution in [0.3, 0.4) is 0 Å². The average Bonchev–Trinajstić information content (AvgIpc) is 2.89. The van der Waals surface area contributed by atoms with Crippen molar-refractivity contribution in [2.24, 2.45) is 0 Å². The van der Waals surface area contributed by atoms with Gasteiger partial charge in [0, 0.05) is 25.0 Å². The zero-order chi connectivity index (χ0) is 17.5. The molecule has 1 heterocycles. The topological polar surface area (TPSA) is 66.9 Å². The Balaban J connectivity index is 1.53. The first kappa shape index (κ1) is 17.4. The Labute approximate surface area is 149 Å². The number of nitrogens with zero attached hydrogens (tertiary/aromatic N) is 2. The minimum atomic E-state index is -0.0721. The molecule has 3 rings (SSSR count). The van der Waals surface area contributed by atoms with Gasteiger partial charge in [0.05, 0.1) is 5.56 Å². The van der Waals surface area contributed by atoms with Gasteiger partial charge in [-0.25, -0.2) is 9.97 Å². The number of anilines is 1. The third-order valence-corrected chi connectivity index (χ3v) is 4.64. The zero-order valence-corrected chi connectivity index (χ0v) is 14.8. The van der Waals surface area contributed by atoms with Crippen molar-refractivity contribution in [1.82, 2.24) is 15.3 Å². The molecule has 1 aromatic heterocycles. The van der Waals surface area contributed by atoms with Gasteiger partial charge in [-0.15, -0.1) is 0 Å². The maximum absolute atomic E-state index is 12.3. The molecular formula is C20H26N4O. The molecule has 1 aromatic carbocycles. The van der Waals surface area contributed by atoms with Gasteiger partial charge in [0.2, 0.25) is 5.95 Å². The van der Waals surface area contributed by atoms with Gasteiger partial charge in [-0.1, -0.05) is 55.5 Å². The van der Waals surface area contributed by atoms with Gasteiger partial charge >= 0.3 is 0 Å². The number of amides is 1. The van der Waals surface area contributed by atoms with Crippen molar-refractivity contribution >= 4 is 11.9 Å². The summed E-state index contributed by atoms with van der Waals surface area (Å²) in [5.41, 5.74) is 2.93. The fourth-order valence-corrected chi connectivity index (χ4v) is 3.23. The minimum Gasteiger partial charge on any atom is -0.350 e. The van der Waals surface area contributed by atoms with E-state index in [0.717, 1.165) is 12.8 Å². The molecule has 1 aliphatic carbocycles. The third kappa shape index (κ3) is 5.28. The maximum Gasteiger partial charge on any atom is 0.254 e. The molecular weight excluding hydrogens is 312 g/mol. The number of nitrogens with one attached hydrogen (secondary N) is 2. The van der Waals surface area contributed by atoms with Crippen LogP contribution in [0.5, 0.6) is 0 Å². The number of carbonyl (C=O) groups excluding carboxylic acids is 1. The molecule has 1 fully saturated rings. The van der Waals surface area contributed by atoms with Gasteiger partial charge in [0.15, 0.2) is 0 Å². The number of aromatic nitrogens is 2. The van der Waals surface area contributed by atoms with Crippen LogP contribution in [0.25, 0.3) is 0 Å². The largest absolute Gasteiger partial charge is 0.350 e. The normalized spacial score (nSPS) is 15.4. The Hall–Kier alpha value is -2.43. The summed E-state index contributed by atoms with van der Waals surface area (Å²) in [5, 5.41) is 6.31. The van der Waals surface area contributed by atoms with E-state index in [4.69, 9.17) is 0 Å². The van der Waals surface area contributed by atoms with Gasteiger partial charge < -0.3 is 10.6 Å². The highest BCUT2D eigenvalue weighted by molar-refractivity contribution is 5.93. The summed E-state index contributed by atoms with van der Waals surface area (Å²) in [6.45, 7) is 2.73. The molecule has 1 aliphatic rings. The van der Waals surface area contributed by atoms with E-state index in [1.165, 1.54) is 36.8 Å². The summed E-state index contributed by atoms with van der Waals surface area (Å²) in [6, 6.07) is 8.58. The molecule has 2 aromatic rings. The molecule has 0 saturated heterocycles. The van der Waals surface area contributed by atoms with Crippen LogP contribution >= 0.6 is 0 Å². The standard InChI is InChI=1S/C20H26N4O/c1-15-7-6-8-16(11-15)12-21-20-22-13-17(14-23-20)19(25)24-18-9-4-2-3-5-10-18/h6-8,11,13-14,18H,2-5,9-10,12H2,1H3,(H,24,25)(H,21,22,23). The van der Waals surface area contributed by atoms with Crippen molar-refractivity contribution < 1.29 is 4.79 Å². The van der Waals surface area contributed by atoms with Crippen molar-refractivity contribution in [2.75, 3.05) is 5.32 Å². The third-order valence-electron chi connectivity index (χ3n) is 4.64. The molecule has 2 N–H and O–H groups in total. The summed E-state index contributed by atoms with van der Waals surface area (Å²) in [4.78, 5) is 20.9. The lowest BCUT2D eigenvalue weighted by atomic mass is 10.1. The van der Waals surface area contributed by atoms with Crippen molar-refractivity contribution in [3.05, 3.63) is 53.3 Å². The number of hydrogen-bond donors (Lipinski definition) is 2. The van der Waals surface area contributed by atoms with Crippen molar-refractivity contribution in [1.29, 1.82) is 0 Å². The first-order valence-electron chi connectivity index (χ1n) is 9.13. The van der Waals surface area contributed by atoms with Crippen molar-refractivity contribution in [3.8, 4) is 0 Å². The van der Waals surface area contributed by atoms with Crippen molar-refractivity contribution in [2.45, 2.75) is 58.0 Å².